The zero-order chi connectivity index (χ0) is 13.8. The van der Waals surface area contributed by atoms with E-state index in [-0.39, 0.29) is 6.04 Å². The number of benzene rings is 2. The lowest BCUT2D eigenvalue weighted by molar-refractivity contribution is 0.457. The second-order valence-electron chi connectivity index (χ2n) is 7.02. The molecule has 19 heavy (non-hydrogen) atoms. The molecule has 1 heteroatoms. The van der Waals surface area contributed by atoms with Gasteiger partial charge >= 0.3 is 0 Å². The van der Waals surface area contributed by atoms with Crippen molar-refractivity contribution in [3.05, 3.63) is 48.0 Å². The van der Waals surface area contributed by atoms with Gasteiger partial charge in [-0.15, -0.1) is 0 Å². The Morgan fingerprint density at radius 1 is 0.895 bits per heavy atom. The normalized spacial score (nSPS) is 22.4. The molecule has 3 rings (SSSR count). The fourth-order valence-electron chi connectivity index (χ4n) is 3.87. The zero-order valence-electron chi connectivity index (χ0n) is 12.3. The van der Waals surface area contributed by atoms with Crippen LogP contribution in [0.2, 0.25) is 0 Å². The lowest BCUT2D eigenvalue weighted by Crippen LogP contribution is -2.16. The van der Waals surface area contributed by atoms with E-state index in [1.807, 2.05) is 0 Å². The molecule has 0 heterocycles. The van der Waals surface area contributed by atoms with E-state index in [4.69, 9.17) is 5.73 Å². The van der Waals surface area contributed by atoms with Crippen LogP contribution in [-0.2, 0) is 0 Å². The van der Waals surface area contributed by atoms with Crippen molar-refractivity contribution < 1.29 is 0 Å². The average Bonchev–Trinajstić information content (AvgIpc) is 2.78. The topological polar surface area (TPSA) is 26.0 Å². The highest BCUT2D eigenvalue weighted by atomic mass is 14.8. The molecular weight excluding hydrogens is 230 g/mol. The summed E-state index contributed by atoms with van der Waals surface area (Å²) in [4.78, 5) is 0. The first-order chi connectivity index (χ1) is 8.87. The van der Waals surface area contributed by atoms with Crippen LogP contribution in [0.3, 0.4) is 0 Å². The maximum Gasteiger partial charge on any atom is 0.0340 e. The standard InChI is InChI=1S/C18H23N/c1-17(2)16(18(17,3)4)15(19)14-11-7-9-12-8-5-6-10-13(12)14/h5-11,15-16H,19H2,1-4H3. The Hall–Kier alpha value is -1.34. The van der Waals surface area contributed by atoms with Crippen molar-refractivity contribution >= 4 is 10.8 Å². The van der Waals surface area contributed by atoms with Crippen LogP contribution in [0.5, 0.6) is 0 Å². The van der Waals surface area contributed by atoms with Crippen LogP contribution in [0, 0.1) is 16.7 Å². The maximum atomic E-state index is 6.62. The van der Waals surface area contributed by atoms with Crippen molar-refractivity contribution in [1.29, 1.82) is 0 Å². The van der Waals surface area contributed by atoms with Gasteiger partial charge < -0.3 is 5.73 Å². The molecule has 1 unspecified atom stereocenters. The van der Waals surface area contributed by atoms with E-state index in [1.165, 1.54) is 16.3 Å². The molecule has 1 saturated carbocycles. The van der Waals surface area contributed by atoms with Gasteiger partial charge in [0.25, 0.3) is 0 Å². The van der Waals surface area contributed by atoms with Gasteiger partial charge in [0, 0.05) is 6.04 Å². The highest BCUT2D eigenvalue weighted by molar-refractivity contribution is 5.86. The van der Waals surface area contributed by atoms with E-state index in [0.717, 1.165) is 0 Å². The molecule has 1 fully saturated rings. The predicted molar refractivity (Wildman–Crippen MR) is 81.9 cm³/mol. The summed E-state index contributed by atoms with van der Waals surface area (Å²) in [5.41, 5.74) is 8.56. The minimum atomic E-state index is 0.121. The summed E-state index contributed by atoms with van der Waals surface area (Å²) in [5.74, 6) is 0.547. The summed E-state index contributed by atoms with van der Waals surface area (Å²) in [6.07, 6.45) is 0. The van der Waals surface area contributed by atoms with Crippen molar-refractivity contribution in [2.75, 3.05) is 0 Å². The number of rotatable bonds is 2. The Morgan fingerprint density at radius 2 is 1.47 bits per heavy atom. The summed E-state index contributed by atoms with van der Waals surface area (Å²) in [5, 5.41) is 2.59. The van der Waals surface area contributed by atoms with Crippen LogP contribution >= 0.6 is 0 Å². The molecular formula is C18H23N. The first-order valence-electron chi connectivity index (χ1n) is 7.10. The van der Waals surface area contributed by atoms with Crippen LogP contribution in [-0.4, -0.2) is 0 Å². The molecule has 2 aromatic carbocycles. The average molecular weight is 253 g/mol. The van der Waals surface area contributed by atoms with Gasteiger partial charge in [-0.2, -0.15) is 0 Å². The largest absolute Gasteiger partial charge is 0.324 e. The number of fused-ring (bicyclic) bond motifs is 1. The van der Waals surface area contributed by atoms with Crippen molar-refractivity contribution in [2.24, 2.45) is 22.5 Å². The molecule has 0 aromatic heterocycles. The lowest BCUT2D eigenvalue weighted by atomic mass is 9.93. The first kappa shape index (κ1) is 12.7. The van der Waals surface area contributed by atoms with E-state index in [0.29, 0.717) is 16.7 Å². The Labute approximate surface area is 115 Å². The van der Waals surface area contributed by atoms with Crippen LogP contribution in [0.25, 0.3) is 10.8 Å². The monoisotopic (exact) mass is 253 g/mol. The summed E-state index contributed by atoms with van der Waals surface area (Å²) >= 11 is 0. The van der Waals surface area contributed by atoms with Crippen molar-refractivity contribution in [3.63, 3.8) is 0 Å². The van der Waals surface area contributed by atoms with Gasteiger partial charge in [-0.3, -0.25) is 0 Å². The molecule has 2 aromatic rings. The predicted octanol–water partition coefficient (Wildman–Crippen LogP) is 4.52. The molecule has 0 aliphatic heterocycles. The number of hydrogen-bond donors (Lipinski definition) is 1. The second kappa shape index (κ2) is 3.83. The minimum absolute atomic E-state index is 0.121. The second-order valence-corrected chi connectivity index (χ2v) is 7.02. The molecule has 0 bridgehead atoms. The zero-order valence-corrected chi connectivity index (χ0v) is 12.3. The third-order valence-electron chi connectivity index (χ3n) is 5.67. The van der Waals surface area contributed by atoms with Crippen LogP contribution < -0.4 is 5.73 Å². The summed E-state index contributed by atoms with van der Waals surface area (Å²) in [6, 6.07) is 15.1. The SMILES string of the molecule is CC1(C)C(C(N)c2cccc3ccccc23)C1(C)C. The van der Waals surface area contributed by atoms with Crippen molar-refractivity contribution in [3.8, 4) is 0 Å². The van der Waals surface area contributed by atoms with E-state index in [1.54, 1.807) is 0 Å². The van der Waals surface area contributed by atoms with Crippen molar-refractivity contribution in [1.82, 2.24) is 0 Å². The molecule has 2 N–H and O–H groups in total. The number of hydrogen-bond acceptors (Lipinski definition) is 1. The van der Waals surface area contributed by atoms with Gasteiger partial charge in [-0.25, -0.2) is 0 Å². The van der Waals surface area contributed by atoms with Crippen LogP contribution in [0.1, 0.15) is 39.3 Å². The fraction of sp³-hybridized carbons (Fsp3) is 0.444. The summed E-state index contributed by atoms with van der Waals surface area (Å²) in [7, 11) is 0. The first-order valence-corrected chi connectivity index (χ1v) is 7.10. The summed E-state index contributed by atoms with van der Waals surface area (Å²) < 4.78 is 0. The third kappa shape index (κ3) is 1.64. The smallest absolute Gasteiger partial charge is 0.0340 e. The van der Waals surface area contributed by atoms with Gasteiger partial charge in [0.15, 0.2) is 0 Å². The highest BCUT2D eigenvalue weighted by Crippen LogP contribution is 2.71. The van der Waals surface area contributed by atoms with Gasteiger partial charge in [-0.1, -0.05) is 70.2 Å². The molecule has 0 radical (unpaired) electrons. The fourth-order valence-corrected chi connectivity index (χ4v) is 3.87. The van der Waals surface area contributed by atoms with E-state index < -0.39 is 0 Å². The van der Waals surface area contributed by atoms with Crippen LogP contribution in [0.4, 0.5) is 0 Å². The molecule has 0 amide bonds. The molecule has 100 valence electrons. The number of nitrogens with two attached hydrogens (primary N) is 1. The Balaban J connectivity index is 2.07. The van der Waals surface area contributed by atoms with Gasteiger partial charge in [-0.05, 0) is 33.1 Å². The van der Waals surface area contributed by atoms with Gasteiger partial charge in [0.2, 0.25) is 0 Å². The molecule has 0 spiro atoms. The lowest BCUT2D eigenvalue weighted by Gasteiger charge is -2.17. The Kier molecular flexibility index (Phi) is 2.56. The Morgan fingerprint density at radius 3 is 2.11 bits per heavy atom. The minimum Gasteiger partial charge on any atom is -0.324 e. The Bertz CT molecular complexity index is 605. The quantitative estimate of drug-likeness (QED) is 0.836. The molecule has 1 aliphatic carbocycles. The highest BCUT2D eigenvalue weighted by Gasteiger charge is 2.66. The molecule has 1 aliphatic rings. The van der Waals surface area contributed by atoms with E-state index >= 15 is 0 Å². The summed E-state index contributed by atoms with van der Waals surface area (Å²) in [6.45, 7) is 9.34. The van der Waals surface area contributed by atoms with Crippen molar-refractivity contribution in [2.45, 2.75) is 33.7 Å². The van der Waals surface area contributed by atoms with E-state index in [2.05, 4.69) is 70.2 Å². The van der Waals surface area contributed by atoms with E-state index in [9.17, 15) is 0 Å². The third-order valence-corrected chi connectivity index (χ3v) is 5.67. The molecule has 1 atom stereocenters. The van der Waals surface area contributed by atoms with Gasteiger partial charge in [0.1, 0.15) is 0 Å². The maximum absolute atomic E-state index is 6.62. The molecule has 0 saturated heterocycles. The van der Waals surface area contributed by atoms with Crippen LogP contribution in [0.15, 0.2) is 42.5 Å². The van der Waals surface area contributed by atoms with Gasteiger partial charge in [0.05, 0.1) is 0 Å². The molecule has 1 nitrogen and oxygen atoms in total.